The van der Waals surface area contributed by atoms with Crippen molar-refractivity contribution in [2.24, 2.45) is 5.92 Å². The molecule has 0 saturated carbocycles. The largest absolute Gasteiger partial charge is 0.377 e. The van der Waals surface area contributed by atoms with E-state index >= 15 is 0 Å². The number of fused-ring (bicyclic) bond motifs is 1. The van der Waals surface area contributed by atoms with E-state index in [4.69, 9.17) is 9.72 Å². The fourth-order valence-corrected chi connectivity index (χ4v) is 5.99. The standard InChI is InChI=1S/C36H34N2O/c1-5-14-29(15-6-1)16-13-25-39-27-30-23-24-34-35(26-30)38(28-37-34)36(31-17-7-2-8-18-31,32-19-9-3-10-20-32)33-21-11-4-12-22-33/h1-22,28,30H,23-27H2. The van der Waals surface area contributed by atoms with Crippen LogP contribution in [0.2, 0.25) is 0 Å². The number of imidazole rings is 1. The zero-order valence-electron chi connectivity index (χ0n) is 22.2. The SMILES string of the molecule is C(=Cc1ccccc1)COCC1CCc2ncn(C(c3ccccc3)(c3ccccc3)c3ccccc3)c2C1. The molecule has 1 heterocycles. The second-order valence-electron chi connectivity index (χ2n) is 10.3. The molecule has 0 saturated heterocycles. The van der Waals surface area contributed by atoms with Crippen molar-refractivity contribution >= 4 is 6.08 Å². The fourth-order valence-electron chi connectivity index (χ4n) is 5.99. The second kappa shape index (κ2) is 11.7. The van der Waals surface area contributed by atoms with Crippen molar-refractivity contribution in [1.29, 1.82) is 0 Å². The summed E-state index contributed by atoms with van der Waals surface area (Å²) in [5, 5.41) is 0. The van der Waals surface area contributed by atoms with Gasteiger partial charge in [-0.3, -0.25) is 0 Å². The molecule has 1 unspecified atom stereocenters. The van der Waals surface area contributed by atoms with Crippen LogP contribution in [0.3, 0.4) is 0 Å². The van der Waals surface area contributed by atoms with Crippen molar-refractivity contribution in [2.75, 3.05) is 13.2 Å². The maximum absolute atomic E-state index is 6.15. The predicted molar refractivity (Wildman–Crippen MR) is 159 cm³/mol. The smallest absolute Gasteiger partial charge is 0.121 e. The fraction of sp³-hybridized carbons (Fsp3) is 0.194. The van der Waals surface area contributed by atoms with E-state index in [1.165, 1.54) is 33.6 Å². The predicted octanol–water partition coefficient (Wildman–Crippen LogP) is 7.56. The minimum atomic E-state index is -0.522. The topological polar surface area (TPSA) is 27.1 Å². The van der Waals surface area contributed by atoms with Gasteiger partial charge in [-0.1, -0.05) is 133 Å². The van der Waals surface area contributed by atoms with Gasteiger partial charge in [0.25, 0.3) is 0 Å². The van der Waals surface area contributed by atoms with Gasteiger partial charge >= 0.3 is 0 Å². The zero-order chi connectivity index (χ0) is 26.3. The lowest BCUT2D eigenvalue weighted by atomic mass is 9.76. The Labute approximate surface area is 231 Å². The van der Waals surface area contributed by atoms with Gasteiger partial charge in [0, 0.05) is 5.69 Å². The first-order valence-electron chi connectivity index (χ1n) is 13.9. The van der Waals surface area contributed by atoms with Gasteiger partial charge in [-0.2, -0.15) is 0 Å². The maximum Gasteiger partial charge on any atom is 0.121 e. The Morgan fingerprint density at radius 3 is 1.85 bits per heavy atom. The molecule has 5 aromatic rings. The van der Waals surface area contributed by atoms with E-state index in [1.807, 2.05) is 6.07 Å². The third kappa shape index (κ3) is 5.10. The van der Waals surface area contributed by atoms with Crippen LogP contribution in [0.1, 0.15) is 40.1 Å². The van der Waals surface area contributed by atoms with Crippen molar-refractivity contribution in [3.05, 3.63) is 167 Å². The molecule has 1 atom stereocenters. The molecule has 39 heavy (non-hydrogen) atoms. The van der Waals surface area contributed by atoms with E-state index in [1.54, 1.807) is 0 Å². The van der Waals surface area contributed by atoms with E-state index in [-0.39, 0.29) is 0 Å². The molecule has 3 nitrogen and oxygen atoms in total. The van der Waals surface area contributed by atoms with Gasteiger partial charge in [0.2, 0.25) is 0 Å². The van der Waals surface area contributed by atoms with Gasteiger partial charge < -0.3 is 9.30 Å². The van der Waals surface area contributed by atoms with Crippen LogP contribution in [0, 0.1) is 5.92 Å². The van der Waals surface area contributed by atoms with E-state index in [0.29, 0.717) is 12.5 Å². The molecule has 0 spiro atoms. The van der Waals surface area contributed by atoms with Gasteiger partial charge in [-0.15, -0.1) is 0 Å². The molecule has 1 aliphatic carbocycles. The molecule has 0 radical (unpaired) electrons. The van der Waals surface area contributed by atoms with Crippen LogP contribution >= 0.6 is 0 Å². The molecule has 6 rings (SSSR count). The highest BCUT2D eigenvalue weighted by Crippen LogP contribution is 2.43. The quantitative estimate of drug-likeness (QED) is 0.151. The molecular weight excluding hydrogens is 476 g/mol. The minimum absolute atomic E-state index is 0.457. The summed E-state index contributed by atoms with van der Waals surface area (Å²) in [6.45, 7) is 1.37. The molecular formula is C36H34N2O. The molecule has 194 valence electrons. The van der Waals surface area contributed by atoms with Gasteiger partial charge in [0.05, 0.1) is 25.2 Å². The number of rotatable bonds is 9. The summed E-state index contributed by atoms with van der Waals surface area (Å²) in [5.41, 5.74) is 6.89. The first-order chi connectivity index (χ1) is 19.4. The van der Waals surface area contributed by atoms with Crippen molar-refractivity contribution < 1.29 is 4.74 Å². The Kier molecular flexibility index (Phi) is 7.51. The summed E-state index contributed by atoms with van der Waals surface area (Å²) in [7, 11) is 0. The lowest BCUT2D eigenvalue weighted by Crippen LogP contribution is -2.39. The first kappa shape index (κ1) is 25.1. The molecule has 1 aliphatic rings. The Morgan fingerprint density at radius 2 is 1.28 bits per heavy atom. The van der Waals surface area contributed by atoms with Crippen LogP contribution < -0.4 is 0 Å². The van der Waals surface area contributed by atoms with Gasteiger partial charge in [0.1, 0.15) is 5.54 Å². The average molecular weight is 511 g/mol. The summed E-state index contributed by atoms with van der Waals surface area (Å²) >= 11 is 0. The van der Waals surface area contributed by atoms with Crippen LogP contribution in [-0.2, 0) is 23.1 Å². The van der Waals surface area contributed by atoms with Crippen molar-refractivity contribution in [3.8, 4) is 0 Å². The van der Waals surface area contributed by atoms with Gasteiger partial charge in [0.15, 0.2) is 0 Å². The Balaban J connectivity index is 1.33. The molecule has 0 N–H and O–H groups in total. The summed E-state index contributed by atoms with van der Waals surface area (Å²) in [6, 6.07) is 42.9. The summed E-state index contributed by atoms with van der Waals surface area (Å²) in [4.78, 5) is 4.99. The normalized spacial score (nSPS) is 15.3. The Hall–Kier alpha value is -4.21. The van der Waals surface area contributed by atoms with Gasteiger partial charge in [-0.05, 0) is 47.4 Å². The average Bonchev–Trinajstić information content (AvgIpc) is 3.43. The highest BCUT2D eigenvalue weighted by atomic mass is 16.5. The van der Waals surface area contributed by atoms with Crippen molar-refractivity contribution in [2.45, 2.75) is 24.8 Å². The van der Waals surface area contributed by atoms with Crippen molar-refractivity contribution in [3.63, 3.8) is 0 Å². The summed E-state index contributed by atoms with van der Waals surface area (Å²) in [5.74, 6) is 0.457. The lowest BCUT2D eigenvalue weighted by molar-refractivity contribution is 0.115. The molecule has 0 aliphatic heterocycles. The number of benzene rings is 4. The van der Waals surface area contributed by atoms with Crippen LogP contribution in [0.5, 0.6) is 0 Å². The number of aromatic nitrogens is 2. The molecule has 4 aromatic carbocycles. The third-order valence-corrected chi connectivity index (χ3v) is 7.84. The molecule has 3 heteroatoms. The summed E-state index contributed by atoms with van der Waals surface area (Å²) < 4.78 is 8.60. The number of ether oxygens (including phenoxy) is 1. The van der Waals surface area contributed by atoms with E-state index in [0.717, 1.165) is 25.9 Å². The number of nitrogens with zero attached hydrogens (tertiary/aromatic N) is 2. The molecule has 1 aromatic heterocycles. The van der Waals surface area contributed by atoms with Gasteiger partial charge in [-0.25, -0.2) is 4.98 Å². The third-order valence-electron chi connectivity index (χ3n) is 7.84. The number of hydrogen-bond donors (Lipinski definition) is 0. The number of hydrogen-bond acceptors (Lipinski definition) is 2. The van der Waals surface area contributed by atoms with Crippen LogP contribution in [0.4, 0.5) is 0 Å². The Bertz CT molecular complexity index is 1390. The first-order valence-corrected chi connectivity index (χ1v) is 13.9. The highest BCUT2D eigenvalue weighted by molar-refractivity contribution is 5.52. The maximum atomic E-state index is 6.15. The van der Waals surface area contributed by atoms with Crippen LogP contribution in [0.15, 0.2) is 134 Å². The summed E-state index contributed by atoms with van der Waals surface area (Å²) in [6.07, 6.45) is 9.34. The Morgan fingerprint density at radius 1 is 0.744 bits per heavy atom. The van der Waals surface area contributed by atoms with Crippen LogP contribution in [0.25, 0.3) is 6.08 Å². The molecule has 0 amide bonds. The second-order valence-corrected chi connectivity index (χ2v) is 10.3. The van der Waals surface area contributed by atoms with E-state index < -0.39 is 5.54 Å². The van der Waals surface area contributed by atoms with E-state index in [9.17, 15) is 0 Å². The molecule has 0 fully saturated rings. The highest BCUT2D eigenvalue weighted by Gasteiger charge is 2.41. The monoisotopic (exact) mass is 510 g/mol. The van der Waals surface area contributed by atoms with E-state index in [2.05, 4.69) is 138 Å². The molecule has 0 bridgehead atoms. The lowest BCUT2D eigenvalue weighted by Gasteiger charge is -2.39. The number of aryl methyl sites for hydroxylation is 1. The van der Waals surface area contributed by atoms with Crippen molar-refractivity contribution in [1.82, 2.24) is 9.55 Å². The minimum Gasteiger partial charge on any atom is -0.377 e. The zero-order valence-corrected chi connectivity index (χ0v) is 22.2. The van der Waals surface area contributed by atoms with Crippen LogP contribution in [-0.4, -0.2) is 22.8 Å².